The second kappa shape index (κ2) is 5.86. The Morgan fingerprint density at radius 1 is 1.53 bits per heavy atom. The quantitative estimate of drug-likeness (QED) is 0.905. The maximum Gasteiger partial charge on any atom is 0.252 e. The van der Waals surface area contributed by atoms with E-state index in [-0.39, 0.29) is 18.4 Å². The molecule has 1 saturated heterocycles. The van der Waals surface area contributed by atoms with E-state index in [4.69, 9.17) is 11.6 Å². The molecular formula is C9H14Cl2N2O2S2. The average molecular weight is 317 g/mol. The van der Waals surface area contributed by atoms with Crippen molar-refractivity contribution < 1.29 is 8.42 Å². The van der Waals surface area contributed by atoms with Gasteiger partial charge in [-0.25, -0.2) is 8.42 Å². The minimum atomic E-state index is -3.36. The molecule has 1 atom stereocenters. The Morgan fingerprint density at radius 3 is 2.76 bits per heavy atom. The summed E-state index contributed by atoms with van der Waals surface area (Å²) in [5.74, 6) is 0. The summed E-state index contributed by atoms with van der Waals surface area (Å²) in [6.07, 6.45) is 0. The Bertz CT molecular complexity index is 475. The molecule has 0 saturated carbocycles. The summed E-state index contributed by atoms with van der Waals surface area (Å²) in [4.78, 5) is 0. The van der Waals surface area contributed by atoms with E-state index in [1.807, 2.05) is 6.92 Å². The number of sulfonamides is 1. The van der Waals surface area contributed by atoms with Crippen molar-refractivity contribution in [3.05, 3.63) is 16.5 Å². The first-order chi connectivity index (χ1) is 7.51. The SMILES string of the molecule is CC1CNCCN1S(=O)(=O)c1ccc(Cl)s1.Cl. The summed E-state index contributed by atoms with van der Waals surface area (Å²) < 4.78 is 26.9. The molecule has 0 aliphatic carbocycles. The molecule has 0 radical (unpaired) electrons. The summed E-state index contributed by atoms with van der Waals surface area (Å²) in [5.41, 5.74) is 0. The van der Waals surface area contributed by atoms with Crippen molar-refractivity contribution >= 4 is 45.4 Å². The summed E-state index contributed by atoms with van der Waals surface area (Å²) in [6.45, 7) is 3.80. The minimum absolute atomic E-state index is 0. The second-order valence-corrected chi connectivity index (χ2v) is 7.56. The van der Waals surface area contributed by atoms with Crippen LogP contribution in [-0.2, 0) is 10.0 Å². The van der Waals surface area contributed by atoms with Crippen molar-refractivity contribution in [1.82, 2.24) is 9.62 Å². The molecule has 1 fully saturated rings. The summed E-state index contributed by atoms with van der Waals surface area (Å²) >= 11 is 6.87. The van der Waals surface area contributed by atoms with Crippen LogP contribution in [0.5, 0.6) is 0 Å². The van der Waals surface area contributed by atoms with E-state index in [0.29, 0.717) is 28.2 Å². The van der Waals surface area contributed by atoms with Gasteiger partial charge in [0, 0.05) is 25.7 Å². The molecule has 0 amide bonds. The Hall–Kier alpha value is 0.150. The van der Waals surface area contributed by atoms with Crippen LogP contribution < -0.4 is 5.32 Å². The highest BCUT2D eigenvalue weighted by Crippen LogP contribution is 2.29. The van der Waals surface area contributed by atoms with Gasteiger partial charge in [-0.05, 0) is 19.1 Å². The second-order valence-electron chi connectivity index (χ2n) is 3.73. The lowest BCUT2D eigenvalue weighted by molar-refractivity contribution is 0.284. The number of halogens is 2. The van der Waals surface area contributed by atoms with E-state index in [2.05, 4.69) is 5.32 Å². The highest BCUT2D eigenvalue weighted by Gasteiger charge is 2.31. The van der Waals surface area contributed by atoms with Crippen LogP contribution in [0.1, 0.15) is 6.92 Å². The number of nitrogens with one attached hydrogen (secondary N) is 1. The molecule has 0 bridgehead atoms. The fourth-order valence-electron chi connectivity index (χ4n) is 1.73. The number of hydrogen-bond acceptors (Lipinski definition) is 4. The predicted molar refractivity (Wildman–Crippen MR) is 72.8 cm³/mol. The lowest BCUT2D eigenvalue weighted by Gasteiger charge is -2.32. The lowest BCUT2D eigenvalue weighted by Crippen LogP contribution is -2.51. The van der Waals surface area contributed by atoms with Crippen LogP contribution in [0.25, 0.3) is 0 Å². The molecule has 17 heavy (non-hydrogen) atoms. The van der Waals surface area contributed by atoms with Gasteiger partial charge >= 0.3 is 0 Å². The highest BCUT2D eigenvalue weighted by molar-refractivity contribution is 7.91. The van der Waals surface area contributed by atoms with Crippen LogP contribution in [0.15, 0.2) is 16.3 Å². The van der Waals surface area contributed by atoms with Crippen molar-refractivity contribution in [1.29, 1.82) is 0 Å². The topological polar surface area (TPSA) is 49.4 Å². The molecule has 1 N–H and O–H groups in total. The van der Waals surface area contributed by atoms with Gasteiger partial charge in [-0.2, -0.15) is 4.31 Å². The Morgan fingerprint density at radius 2 is 2.24 bits per heavy atom. The number of hydrogen-bond donors (Lipinski definition) is 1. The maximum absolute atomic E-state index is 12.3. The minimum Gasteiger partial charge on any atom is -0.314 e. The van der Waals surface area contributed by atoms with E-state index >= 15 is 0 Å². The first-order valence-electron chi connectivity index (χ1n) is 5.00. The van der Waals surface area contributed by atoms with Crippen molar-refractivity contribution in [2.45, 2.75) is 17.2 Å². The van der Waals surface area contributed by atoms with Gasteiger partial charge in [0.05, 0.1) is 4.34 Å². The van der Waals surface area contributed by atoms with E-state index in [1.54, 1.807) is 12.1 Å². The van der Waals surface area contributed by atoms with Crippen LogP contribution >= 0.6 is 35.3 Å². The Kier molecular flexibility index (Phi) is 5.24. The predicted octanol–water partition coefficient (Wildman–Crippen LogP) is 1.81. The summed E-state index contributed by atoms with van der Waals surface area (Å²) in [7, 11) is -3.36. The summed E-state index contributed by atoms with van der Waals surface area (Å²) in [6, 6.07) is 3.17. The molecule has 8 heteroatoms. The van der Waals surface area contributed by atoms with Gasteiger partial charge in [-0.1, -0.05) is 11.6 Å². The van der Waals surface area contributed by atoms with Crippen LogP contribution in [0.2, 0.25) is 4.34 Å². The zero-order valence-corrected chi connectivity index (χ0v) is 12.4. The lowest BCUT2D eigenvalue weighted by atomic mass is 10.3. The molecule has 2 heterocycles. The van der Waals surface area contributed by atoms with Crippen molar-refractivity contribution in [2.24, 2.45) is 0 Å². The fourth-order valence-corrected chi connectivity index (χ4v) is 4.97. The molecule has 2 rings (SSSR count). The van der Waals surface area contributed by atoms with Crippen molar-refractivity contribution in [3.63, 3.8) is 0 Å². The molecule has 0 aromatic carbocycles. The molecule has 0 spiro atoms. The molecule has 1 aromatic heterocycles. The average Bonchev–Trinajstić information content (AvgIpc) is 2.66. The number of thiophene rings is 1. The third-order valence-corrected chi connectivity index (χ3v) is 6.26. The van der Waals surface area contributed by atoms with Gasteiger partial charge in [-0.15, -0.1) is 23.7 Å². The molecule has 4 nitrogen and oxygen atoms in total. The van der Waals surface area contributed by atoms with Crippen LogP contribution in [0, 0.1) is 0 Å². The Balaban J connectivity index is 0.00000144. The summed E-state index contributed by atoms with van der Waals surface area (Å²) in [5, 5.41) is 3.16. The van der Waals surface area contributed by atoms with Gasteiger partial charge in [0.25, 0.3) is 10.0 Å². The van der Waals surface area contributed by atoms with Crippen LogP contribution in [0.3, 0.4) is 0 Å². The highest BCUT2D eigenvalue weighted by atomic mass is 35.5. The first kappa shape index (κ1) is 15.2. The third-order valence-electron chi connectivity index (χ3n) is 2.55. The molecule has 98 valence electrons. The fraction of sp³-hybridized carbons (Fsp3) is 0.556. The zero-order chi connectivity index (χ0) is 11.8. The number of nitrogens with zero attached hydrogens (tertiary/aromatic N) is 1. The maximum atomic E-state index is 12.3. The van der Waals surface area contributed by atoms with Crippen LogP contribution in [0.4, 0.5) is 0 Å². The normalized spacial score (nSPS) is 22.1. The van der Waals surface area contributed by atoms with Crippen molar-refractivity contribution in [3.8, 4) is 0 Å². The first-order valence-corrected chi connectivity index (χ1v) is 7.63. The van der Waals surface area contributed by atoms with Gasteiger partial charge < -0.3 is 5.32 Å². The molecule has 1 aliphatic rings. The van der Waals surface area contributed by atoms with Crippen molar-refractivity contribution in [2.75, 3.05) is 19.6 Å². The number of rotatable bonds is 2. The van der Waals surface area contributed by atoms with Gasteiger partial charge in [0.15, 0.2) is 0 Å². The molecular weight excluding hydrogens is 303 g/mol. The van der Waals surface area contributed by atoms with E-state index in [1.165, 1.54) is 4.31 Å². The molecule has 1 aromatic rings. The van der Waals surface area contributed by atoms with Gasteiger partial charge in [-0.3, -0.25) is 0 Å². The van der Waals surface area contributed by atoms with Crippen LogP contribution in [-0.4, -0.2) is 38.4 Å². The molecule has 1 aliphatic heterocycles. The van der Waals surface area contributed by atoms with E-state index < -0.39 is 10.0 Å². The van der Waals surface area contributed by atoms with E-state index in [9.17, 15) is 8.42 Å². The third kappa shape index (κ3) is 3.13. The largest absolute Gasteiger partial charge is 0.314 e. The smallest absolute Gasteiger partial charge is 0.252 e. The zero-order valence-electron chi connectivity index (χ0n) is 9.22. The standard InChI is InChI=1S/C9H13ClN2O2S2.ClH/c1-7-6-11-4-5-12(7)16(13,14)9-3-2-8(10)15-9;/h2-3,7,11H,4-6H2,1H3;1H. The molecule has 1 unspecified atom stereocenters. The Labute approximate surface area is 116 Å². The van der Waals surface area contributed by atoms with Gasteiger partial charge in [0.2, 0.25) is 0 Å². The number of piperazine rings is 1. The van der Waals surface area contributed by atoms with Gasteiger partial charge in [0.1, 0.15) is 4.21 Å². The van der Waals surface area contributed by atoms with E-state index in [0.717, 1.165) is 11.3 Å². The monoisotopic (exact) mass is 316 g/mol.